The summed E-state index contributed by atoms with van der Waals surface area (Å²) in [6.07, 6.45) is 3.83. The van der Waals surface area contributed by atoms with E-state index in [9.17, 15) is 4.79 Å². The molecule has 4 nitrogen and oxygen atoms in total. The van der Waals surface area contributed by atoms with Crippen LogP contribution in [0.25, 0.3) is 0 Å². The predicted octanol–water partition coefficient (Wildman–Crippen LogP) is 1.29. The number of nitrogens with one attached hydrogen (secondary N) is 1. The standard InChI is InChI=1S/C13H26N2O2/c1-3-17-8-4-7-15-13(16)12-9-11(14)6-5-10(12)2/h10-12H,3-9,14H2,1-2H3,(H,15,16). The molecule has 1 amide bonds. The molecular formula is C13H26N2O2. The first-order chi connectivity index (χ1) is 8.15. The molecule has 1 saturated carbocycles. The highest BCUT2D eigenvalue weighted by atomic mass is 16.5. The van der Waals surface area contributed by atoms with Gasteiger partial charge in [-0.2, -0.15) is 0 Å². The fraction of sp³-hybridized carbons (Fsp3) is 0.923. The molecule has 3 unspecified atom stereocenters. The van der Waals surface area contributed by atoms with Gasteiger partial charge in [0.15, 0.2) is 0 Å². The Kier molecular flexibility index (Phi) is 6.52. The summed E-state index contributed by atoms with van der Waals surface area (Å²) in [6, 6.07) is 0.199. The van der Waals surface area contributed by atoms with E-state index in [2.05, 4.69) is 12.2 Å². The Balaban J connectivity index is 2.21. The number of hydrogen-bond acceptors (Lipinski definition) is 3. The van der Waals surface area contributed by atoms with Gasteiger partial charge in [0.2, 0.25) is 5.91 Å². The van der Waals surface area contributed by atoms with E-state index in [1.54, 1.807) is 0 Å². The molecule has 0 spiro atoms. The van der Waals surface area contributed by atoms with Crippen molar-refractivity contribution in [2.75, 3.05) is 19.8 Å². The monoisotopic (exact) mass is 242 g/mol. The Morgan fingerprint density at radius 2 is 2.24 bits per heavy atom. The smallest absolute Gasteiger partial charge is 0.223 e. The summed E-state index contributed by atoms with van der Waals surface area (Å²) in [7, 11) is 0. The maximum atomic E-state index is 12.0. The van der Waals surface area contributed by atoms with Crippen LogP contribution in [0.4, 0.5) is 0 Å². The van der Waals surface area contributed by atoms with Gasteiger partial charge in [-0.05, 0) is 38.5 Å². The molecule has 3 atom stereocenters. The minimum Gasteiger partial charge on any atom is -0.382 e. The molecular weight excluding hydrogens is 216 g/mol. The van der Waals surface area contributed by atoms with Crippen LogP contribution < -0.4 is 11.1 Å². The lowest BCUT2D eigenvalue weighted by molar-refractivity contribution is -0.127. The minimum atomic E-state index is 0.103. The molecule has 0 heterocycles. The van der Waals surface area contributed by atoms with Crippen molar-refractivity contribution in [3.8, 4) is 0 Å². The van der Waals surface area contributed by atoms with E-state index in [1.807, 2.05) is 6.92 Å². The van der Waals surface area contributed by atoms with Gasteiger partial charge >= 0.3 is 0 Å². The fourth-order valence-corrected chi connectivity index (χ4v) is 2.38. The van der Waals surface area contributed by atoms with Crippen molar-refractivity contribution in [1.29, 1.82) is 0 Å². The highest BCUT2D eigenvalue weighted by molar-refractivity contribution is 5.79. The van der Waals surface area contributed by atoms with Crippen LogP contribution in [0.1, 0.15) is 39.5 Å². The molecule has 100 valence electrons. The van der Waals surface area contributed by atoms with E-state index >= 15 is 0 Å². The molecule has 0 aromatic heterocycles. The zero-order valence-corrected chi connectivity index (χ0v) is 11.1. The molecule has 0 radical (unpaired) electrons. The van der Waals surface area contributed by atoms with E-state index < -0.39 is 0 Å². The molecule has 4 heteroatoms. The second kappa shape index (κ2) is 7.67. The summed E-state index contributed by atoms with van der Waals surface area (Å²) in [5.74, 6) is 0.733. The van der Waals surface area contributed by atoms with Crippen LogP contribution >= 0.6 is 0 Å². The zero-order chi connectivity index (χ0) is 12.7. The third-order valence-corrected chi connectivity index (χ3v) is 3.54. The molecule has 1 aliphatic rings. The maximum Gasteiger partial charge on any atom is 0.223 e. The third-order valence-electron chi connectivity index (χ3n) is 3.54. The fourth-order valence-electron chi connectivity index (χ4n) is 2.38. The van der Waals surface area contributed by atoms with Crippen molar-refractivity contribution < 1.29 is 9.53 Å². The van der Waals surface area contributed by atoms with Crippen molar-refractivity contribution in [2.24, 2.45) is 17.6 Å². The number of carbonyl (C=O) groups is 1. The number of rotatable bonds is 6. The lowest BCUT2D eigenvalue weighted by atomic mass is 9.78. The van der Waals surface area contributed by atoms with Crippen LogP contribution in [0.15, 0.2) is 0 Å². The summed E-state index contributed by atoms with van der Waals surface area (Å²) in [6.45, 7) is 6.29. The number of carbonyl (C=O) groups excluding carboxylic acids is 1. The average molecular weight is 242 g/mol. The van der Waals surface area contributed by atoms with Crippen molar-refractivity contribution in [3.05, 3.63) is 0 Å². The molecule has 0 aromatic rings. The molecule has 0 aromatic carbocycles. The first-order valence-electron chi connectivity index (χ1n) is 6.76. The van der Waals surface area contributed by atoms with Crippen LogP contribution in [0.3, 0.4) is 0 Å². The van der Waals surface area contributed by atoms with Crippen molar-refractivity contribution >= 4 is 5.91 Å². The molecule has 0 saturated heterocycles. The summed E-state index contributed by atoms with van der Waals surface area (Å²) < 4.78 is 5.23. The van der Waals surface area contributed by atoms with Crippen LogP contribution in [0.2, 0.25) is 0 Å². The lowest BCUT2D eigenvalue weighted by Gasteiger charge is -2.31. The summed E-state index contributed by atoms with van der Waals surface area (Å²) in [4.78, 5) is 12.0. The second-order valence-electron chi connectivity index (χ2n) is 5.00. The Bertz CT molecular complexity index is 233. The van der Waals surface area contributed by atoms with Gasteiger partial charge in [-0.3, -0.25) is 4.79 Å². The number of amides is 1. The summed E-state index contributed by atoms with van der Waals surface area (Å²) >= 11 is 0. The predicted molar refractivity (Wildman–Crippen MR) is 68.6 cm³/mol. The molecule has 1 fully saturated rings. The third kappa shape index (κ3) is 5.04. The van der Waals surface area contributed by atoms with Gasteiger partial charge in [-0.1, -0.05) is 6.92 Å². The van der Waals surface area contributed by atoms with Crippen LogP contribution in [-0.4, -0.2) is 31.7 Å². The van der Waals surface area contributed by atoms with E-state index in [0.29, 0.717) is 12.5 Å². The largest absolute Gasteiger partial charge is 0.382 e. The van der Waals surface area contributed by atoms with Gasteiger partial charge in [0.05, 0.1) is 0 Å². The van der Waals surface area contributed by atoms with Crippen LogP contribution in [0.5, 0.6) is 0 Å². The molecule has 1 aliphatic carbocycles. The first-order valence-corrected chi connectivity index (χ1v) is 6.76. The van der Waals surface area contributed by atoms with Gasteiger partial charge in [0.1, 0.15) is 0 Å². The first kappa shape index (κ1) is 14.5. The van der Waals surface area contributed by atoms with E-state index in [1.165, 1.54) is 0 Å². The normalized spacial score (nSPS) is 29.0. The Morgan fingerprint density at radius 1 is 1.47 bits per heavy atom. The number of nitrogens with two attached hydrogens (primary N) is 1. The molecule has 0 bridgehead atoms. The van der Waals surface area contributed by atoms with Gasteiger partial charge in [-0.15, -0.1) is 0 Å². The second-order valence-corrected chi connectivity index (χ2v) is 5.00. The van der Waals surface area contributed by atoms with E-state index in [-0.39, 0.29) is 17.9 Å². The van der Waals surface area contributed by atoms with Crippen molar-refractivity contribution in [3.63, 3.8) is 0 Å². The number of hydrogen-bond donors (Lipinski definition) is 2. The molecule has 0 aliphatic heterocycles. The molecule has 17 heavy (non-hydrogen) atoms. The van der Waals surface area contributed by atoms with Gasteiger partial charge < -0.3 is 15.8 Å². The Morgan fingerprint density at radius 3 is 2.94 bits per heavy atom. The van der Waals surface area contributed by atoms with Crippen LogP contribution in [0, 0.1) is 11.8 Å². The number of ether oxygens (including phenoxy) is 1. The highest BCUT2D eigenvalue weighted by Crippen LogP contribution is 2.29. The van der Waals surface area contributed by atoms with Gasteiger partial charge in [0, 0.05) is 31.7 Å². The van der Waals surface area contributed by atoms with Crippen LogP contribution in [-0.2, 0) is 9.53 Å². The maximum absolute atomic E-state index is 12.0. The van der Waals surface area contributed by atoms with Crippen molar-refractivity contribution in [1.82, 2.24) is 5.32 Å². The Labute approximate surface area is 104 Å². The highest BCUT2D eigenvalue weighted by Gasteiger charge is 2.30. The van der Waals surface area contributed by atoms with Crippen molar-refractivity contribution in [2.45, 2.75) is 45.6 Å². The SMILES string of the molecule is CCOCCCNC(=O)C1CC(N)CCC1C. The molecule has 1 rings (SSSR count). The van der Waals surface area contributed by atoms with E-state index in [0.717, 1.165) is 38.9 Å². The summed E-state index contributed by atoms with van der Waals surface area (Å²) in [5, 5.41) is 2.99. The summed E-state index contributed by atoms with van der Waals surface area (Å²) in [5.41, 5.74) is 5.92. The average Bonchev–Trinajstić information content (AvgIpc) is 2.32. The Hall–Kier alpha value is -0.610. The zero-order valence-electron chi connectivity index (χ0n) is 11.1. The van der Waals surface area contributed by atoms with E-state index in [4.69, 9.17) is 10.5 Å². The van der Waals surface area contributed by atoms with Gasteiger partial charge in [-0.25, -0.2) is 0 Å². The lowest BCUT2D eigenvalue weighted by Crippen LogP contribution is -2.42. The topological polar surface area (TPSA) is 64.3 Å². The minimum absolute atomic E-state index is 0.103. The quantitative estimate of drug-likeness (QED) is 0.690. The van der Waals surface area contributed by atoms with Gasteiger partial charge in [0.25, 0.3) is 0 Å². The molecule has 3 N–H and O–H groups in total.